The maximum Gasteiger partial charge on any atom is 0.343 e. The Morgan fingerprint density at radius 3 is 2.62 bits per heavy atom. The second kappa shape index (κ2) is 7.41. The number of phenols is 1. The van der Waals surface area contributed by atoms with Crippen LogP contribution in [0.2, 0.25) is 0 Å². The predicted molar refractivity (Wildman–Crippen MR) is 88.4 cm³/mol. The normalized spacial score (nSPS) is 10.2. The summed E-state index contributed by atoms with van der Waals surface area (Å²) in [6, 6.07) is 7.24. The van der Waals surface area contributed by atoms with E-state index in [1.54, 1.807) is 19.1 Å². The van der Waals surface area contributed by atoms with Gasteiger partial charge in [0.15, 0.2) is 5.78 Å². The first-order valence-corrected chi connectivity index (χ1v) is 7.34. The molecule has 0 spiro atoms. The number of carbonyl (C=O) groups excluding carboxylic acids is 2. The second-order valence-electron chi connectivity index (χ2n) is 4.96. The summed E-state index contributed by atoms with van der Waals surface area (Å²) in [6.45, 7) is 5.42. The van der Waals surface area contributed by atoms with Gasteiger partial charge in [0, 0.05) is 18.3 Å². The summed E-state index contributed by atoms with van der Waals surface area (Å²) < 4.78 is 6.07. The van der Waals surface area contributed by atoms with Gasteiger partial charge in [-0.05, 0) is 25.1 Å². The molecule has 24 heavy (non-hydrogen) atoms. The lowest BCUT2D eigenvalue weighted by molar-refractivity contribution is 0.0523. The Morgan fingerprint density at radius 1 is 1.29 bits per heavy atom. The fraction of sp³-hybridized carbons (Fsp3) is 0.167. The van der Waals surface area contributed by atoms with E-state index in [0.717, 1.165) is 0 Å². The molecule has 6 nitrogen and oxygen atoms in total. The first-order chi connectivity index (χ1) is 11.5. The molecule has 2 aromatic rings. The van der Waals surface area contributed by atoms with Gasteiger partial charge in [0.1, 0.15) is 11.3 Å². The molecule has 0 fully saturated rings. The number of carbonyl (C=O) groups is 2. The van der Waals surface area contributed by atoms with Crippen LogP contribution in [-0.2, 0) is 11.3 Å². The fourth-order valence-corrected chi connectivity index (χ4v) is 2.21. The zero-order chi connectivity index (χ0) is 17.7. The maximum atomic E-state index is 12.6. The van der Waals surface area contributed by atoms with Crippen molar-refractivity contribution in [3.8, 4) is 5.75 Å². The lowest BCUT2D eigenvalue weighted by Crippen LogP contribution is -2.28. The molecular weight excluding hydrogens is 310 g/mol. The van der Waals surface area contributed by atoms with E-state index in [-0.39, 0.29) is 35.6 Å². The molecule has 1 aromatic heterocycles. The van der Waals surface area contributed by atoms with Crippen molar-refractivity contribution < 1.29 is 19.4 Å². The number of esters is 1. The number of aromatic hydroxyl groups is 1. The smallest absolute Gasteiger partial charge is 0.343 e. The second-order valence-corrected chi connectivity index (χ2v) is 4.96. The molecule has 0 aliphatic carbocycles. The highest BCUT2D eigenvalue weighted by molar-refractivity contribution is 6.11. The van der Waals surface area contributed by atoms with Gasteiger partial charge in [-0.15, -0.1) is 6.58 Å². The van der Waals surface area contributed by atoms with Crippen LogP contribution >= 0.6 is 0 Å². The molecule has 1 N–H and O–H groups in total. The molecule has 1 heterocycles. The third kappa shape index (κ3) is 3.43. The average Bonchev–Trinajstić information content (AvgIpc) is 2.57. The first kappa shape index (κ1) is 17.2. The van der Waals surface area contributed by atoms with Crippen LogP contribution in [-0.4, -0.2) is 28.0 Å². The summed E-state index contributed by atoms with van der Waals surface area (Å²) in [5.41, 5.74) is -0.626. The van der Waals surface area contributed by atoms with Crippen LogP contribution < -0.4 is 5.56 Å². The van der Waals surface area contributed by atoms with Crippen molar-refractivity contribution in [2.45, 2.75) is 13.5 Å². The summed E-state index contributed by atoms with van der Waals surface area (Å²) in [4.78, 5) is 36.9. The molecule has 1 aromatic carbocycles. The van der Waals surface area contributed by atoms with Crippen molar-refractivity contribution in [3.05, 3.63) is 76.2 Å². The molecule has 0 unspecified atom stereocenters. The number of hydrogen-bond donors (Lipinski definition) is 1. The predicted octanol–water partition coefficient (Wildman–Crippen LogP) is 2.15. The van der Waals surface area contributed by atoms with Gasteiger partial charge in [0.05, 0.1) is 12.2 Å². The number of pyridine rings is 1. The lowest BCUT2D eigenvalue weighted by Gasteiger charge is -2.10. The molecular formula is C18H17NO5. The first-order valence-electron chi connectivity index (χ1n) is 7.34. The van der Waals surface area contributed by atoms with Crippen LogP contribution in [0.4, 0.5) is 0 Å². The third-order valence-corrected chi connectivity index (χ3v) is 3.32. The Morgan fingerprint density at radius 2 is 2.00 bits per heavy atom. The number of phenolic OH excluding ortho intramolecular Hbond substituents is 1. The number of nitrogens with zero attached hydrogens (tertiary/aromatic N) is 1. The van der Waals surface area contributed by atoms with Gasteiger partial charge in [0.2, 0.25) is 0 Å². The van der Waals surface area contributed by atoms with Gasteiger partial charge in [-0.2, -0.15) is 0 Å². The molecule has 2 rings (SSSR count). The van der Waals surface area contributed by atoms with Gasteiger partial charge in [0.25, 0.3) is 5.56 Å². The van der Waals surface area contributed by atoms with Crippen LogP contribution in [0, 0.1) is 0 Å². The fourth-order valence-electron chi connectivity index (χ4n) is 2.21. The summed E-state index contributed by atoms with van der Waals surface area (Å²) in [6.07, 6.45) is 2.81. The summed E-state index contributed by atoms with van der Waals surface area (Å²) in [5.74, 6) is -1.48. The van der Waals surface area contributed by atoms with Crippen LogP contribution in [0.5, 0.6) is 5.75 Å². The Labute approximate surface area is 138 Å². The van der Waals surface area contributed by atoms with Crippen LogP contribution in [0.3, 0.4) is 0 Å². The van der Waals surface area contributed by atoms with E-state index in [1.165, 1.54) is 35.0 Å². The van der Waals surface area contributed by atoms with Gasteiger partial charge < -0.3 is 14.4 Å². The van der Waals surface area contributed by atoms with Crippen molar-refractivity contribution in [1.82, 2.24) is 4.57 Å². The van der Waals surface area contributed by atoms with Gasteiger partial charge >= 0.3 is 5.97 Å². The topological polar surface area (TPSA) is 85.6 Å². The molecule has 0 saturated carbocycles. The molecule has 6 heteroatoms. The van der Waals surface area contributed by atoms with Crippen molar-refractivity contribution >= 4 is 11.8 Å². The SMILES string of the molecule is C=CCn1cc(C(=O)c2ccccc2O)cc(C(=O)OCC)c1=O. The monoisotopic (exact) mass is 327 g/mol. The average molecular weight is 327 g/mol. The highest BCUT2D eigenvalue weighted by Gasteiger charge is 2.20. The van der Waals surface area contributed by atoms with Gasteiger partial charge in [-0.1, -0.05) is 18.2 Å². The summed E-state index contributed by atoms with van der Waals surface area (Å²) >= 11 is 0. The van der Waals surface area contributed by atoms with E-state index in [4.69, 9.17) is 4.74 Å². The Balaban J connectivity index is 2.59. The van der Waals surface area contributed by atoms with Crippen LogP contribution in [0.15, 0.2) is 54.0 Å². The zero-order valence-corrected chi connectivity index (χ0v) is 13.2. The minimum absolute atomic E-state index is 0.0797. The molecule has 0 radical (unpaired) electrons. The summed E-state index contributed by atoms with van der Waals surface area (Å²) in [5, 5.41) is 9.84. The number of aromatic nitrogens is 1. The number of ketones is 1. The molecule has 0 bridgehead atoms. The van der Waals surface area contributed by atoms with E-state index < -0.39 is 17.3 Å². The van der Waals surface area contributed by atoms with E-state index in [2.05, 4.69) is 6.58 Å². The standard InChI is InChI=1S/C18H17NO5/c1-3-9-19-11-12(10-14(17(19)22)18(23)24-4-2)16(21)13-7-5-6-8-15(13)20/h3,5-8,10-11,20H,1,4,9H2,2H3. The number of rotatable bonds is 6. The van der Waals surface area contributed by atoms with Crippen molar-refractivity contribution in [2.75, 3.05) is 6.61 Å². The third-order valence-electron chi connectivity index (χ3n) is 3.32. The van der Waals surface area contributed by atoms with E-state index in [9.17, 15) is 19.5 Å². The number of allylic oxidation sites excluding steroid dienone is 1. The molecule has 124 valence electrons. The van der Waals surface area contributed by atoms with Crippen molar-refractivity contribution in [3.63, 3.8) is 0 Å². The number of para-hydroxylation sites is 1. The number of ether oxygens (including phenoxy) is 1. The molecule has 0 aliphatic rings. The van der Waals surface area contributed by atoms with Crippen molar-refractivity contribution in [1.29, 1.82) is 0 Å². The van der Waals surface area contributed by atoms with E-state index in [1.807, 2.05) is 0 Å². The Kier molecular flexibility index (Phi) is 5.31. The zero-order valence-electron chi connectivity index (χ0n) is 13.2. The quantitative estimate of drug-likeness (QED) is 0.499. The van der Waals surface area contributed by atoms with Gasteiger partial charge in [-0.25, -0.2) is 4.79 Å². The minimum atomic E-state index is -0.799. The highest BCUT2D eigenvalue weighted by Crippen LogP contribution is 2.20. The minimum Gasteiger partial charge on any atom is -0.507 e. The van der Waals surface area contributed by atoms with Crippen LogP contribution in [0.1, 0.15) is 33.2 Å². The molecule has 0 amide bonds. The molecule has 0 aliphatic heterocycles. The van der Waals surface area contributed by atoms with Gasteiger partial charge in [-0.3, -0.25) is 9.59 Å². The highest BCUT2D eigenvalue weighted by atomic mass is 16.5. The number of benzene rings is 1. The molecule has 0 atom stereocenters. The van der Waals surface area contributed by atoms with Crippen LogP contribution in [0.25, 0.3) is 0 Å². The molecule has 0 saturated heterocycles. The lowest BCUT2D eigenvalue weighted by atomic mass is 10.0. The maximum absolute atomic E-state index is 12.6. The van der Waals surface area contributed by atoms with E-state index in [0.29, 0.717) is 0 Å². The number of hydrogen-bond acceptors (Lipinski definition) is 5. The summed E-state index contributed by atoms with van der Waals surface area (Å²) in [7, 11) is 0. The Hall–Kier alpha value is -3.15. The van der Waals surface area contributed by atoms with E-state index >= 15 is 0 Å². The Bertz CT molecular complexity index is 851. The largest absolute Gasteiger partial charge is 0.507 e. The van der Waals surface area contributed by atoms with Crippen molar-refractivity contribution in [2.24, 2.45) is 0 Å².